The van der Waals surface area contributed by atoms with Gasteiger partial charge in [-0.1, -0.05) is 39.3 Å². The van der Waals surface area contributed by atoms with E-state index in [4.69, 9.17) is 4.99 Å². The third-order valence-electron chi connectivity index (χ3n) is 10.8. The molecule has 3 nitrogen and oxygen atoms in total. The van der Waals surface area contributed by atoms with Gasteiger partial charge < -0.3 is 5.11 Å². The lowest BCUT2D eigenvalue weighted by Crippen LogP contribution is -2.51. The van der Waals surface area contributed by atoms with Gasteiger partial charge in [-0.3, -0.25) is 9.79 Å². The van der Waals surface area contributed by atoms with Gasteiger partial charge in [-0.05, 0) is 91.8 Å². The molecule has 3 heteroatoms. The summed E-state index contributed by atoms with van der Waals surface area (Å²) in [5, 5.41) is 10.2. The molecule has 1 N–H and O–H groups in total. The molecular formula is C27H41NO2. The summed E-state index contributed by atoms with van der Waals surface area (Å²) in [6, 6.07) is 0. The van der Waals surface area contributed by atoms with Crippen LogP contribution in [-0.2, 0) is 4.79 Å². The smallest absolute Gasteiger partial charge is 0.143 e. The zero-order valence-electron chi connectivity index (χ0n) is 19.5. The van der Waals surface area contributed by atoms with Crippen LogP contribution in [0.5, 0.6) is 0 Å². The van der Waals surface area contributed by atoms with E-state index in [1.807, 2.05) is 6.92 Å². The number of ketones is 1. The van der Waals surface area contributed by atoms with Crippen molar-refractivity contribution in [2.24, 2.45) is 51.3 Å². The molecule has 3 saturated carbocycles. The summed E-state index contributed by atoms with van der Waals surface area (Å²) in [7, 11) is 0. The zero-order valence-corrected chi connectivity index (χ0v) is 19.5. The number of rotatable bonds is 2. The maximum Gasteiger partial charge on any atom is 0.143 e. The molecule has 5 rings (SSSR count). The van der Waals surface area contributed by atoms with Gasteiger partial charge in [-0.2, -0.15) is 0 Å². The molecule has 0 saturated heterocycles. The Hall–Kier alpha value is -0.960. The number of nitrogens with zero attached hydrogens (tertiary/aromatic N) is 1. The van der Waals surface area contributed by atoms with Crippen LogP contribution in [0.15, 0.2) is 16.6 Å². The molecule has 1 aliphatic heterocycles. The molecule has 3 fully saturated rings. The number of aliphatic hydroxyl groups is 1. The summed E-state index contributed by atoms with van der Waals surface area (Å²) < 4.78 is 0. The highest BCUT2D eigenvalue weighted by Gasteiger charge is 2.59. The second-order valence-electron chi connectivity index (χ2n) is 12.0. The number of fused-ring (bicyclic) bond motifs is 5. The normalized spacial score (nSPS) is 49.4. The van der Waals surface area contributed by atoms with Gasteiger partial charge in [0.2, 0.25) is 0 Å². The number of allylic oxidation sites excluding steroid dienone is 1. The average molecular weight is 412 g/mol. The van der Waals surface area contributed by atoms with Crippen molar-refractivity contribution < 1.29 is 9.90 Å². The van der Waals surface area contributed by atoms with E-state index in [0.29, 0.717) is 41.4 Å². The summed E-state index contributed by atoms with van der Waals surface area (Å²) >= 11 is 0. The fourth-order valence-corrected chi connectivity index (χ4v) is 8.81. The first-order valence-electron chi connectivity index (χ1n) is 12.7. The van der Waals surface area contributed by atoms with Crippen LogP contribution >= 0.6 is 0 Å². The molecule has 0 unspecified atom stereocenters. The van der Waals surface area contributed by atoms with Crippen molar-refractivity contribution >= 4 is 11.5 Å². The van der Waals surface area contributed by atoms with Gasteiger partial charge in [0.15, 0.2) is 0 Å². The van der Waals surface area contributed by atoms with E-state index in [2.05, 4.69) is 26.8 Å². The Labute approximate surface area is 182 Å². The standard InChI is InChI=1S/C27H41NO2/c1-16-15-28-24(14-25(16)30)17(2)21-7-8-22-20-6-5-18-13-19(29)9-11-26(18,3)23(20)10-12-27(21,22)4/h5,16-17,19-23,29H,6-15H2,1-4H3/t16-,17+,19+,20+,21-,22+,23+,26+,27-/m1/s1. The van der Waals surface area contributed by atoms with E-state index >= 15 is 0 Å². The molecule has 1 heterocycles. The van der Waals surface area contributed by atoms with E-state index in [0.717, 1.165) is 30.6 Å². The molecule has 0 aromatic rings. The minimum atomic E-state index is -0.117. The van der Waals surface area contributed by atoms with E-state index in [-0.39, 0.29) is 12.0 Å². The molecule has 0 aromatic heterocycles. The highest BCUT2D eigenvalue weighted by Crippen LogP contribution is 2.67. The van der Waals surface area contributed by atoms with E-state index in [1.165, 1.54) is 44.2 Å². The van der Waals surface area contributed by atoms with Gasteiger partial charge in [0, 0.05) is 24.6 Å². The summed E-state index contributed by atoms with van der Waals surface area (Å²) in [5.74, 6) is 4.04. The van der Waals surface area contributed by atoms with Crippen molar-refractivity contribution in [3.05, 3.63) is 11.6 Å². The molecule has 0 amide bonds. The van der Waals surface area contributed by atoms with Crippen LogP contribution in [0.25, 0.3) is 0 Å². The van der Waals surface area contributed by atoms with Crippen LogP contribution < -0.4 is 0 Å². The molecule has 166 valence electrons. The van der Waals surface area contributed by atoms with Crippen molar-refractivity contribution in [1.29, 1.82) is 0 Å². The molecule has 4 aliphatic carbocycles. The van der Waals surface area contributed by atoms with Crippen LogP contribution in [0.2, 0.25) is 0 Å². The van der Waals surface area contributed by atoms with Crippen molar-refractivity contribution in [3.63, 3.8) is 0 Å². The van der Waals surface area contributed by atoms with Gasteiger partial charge in [0.05, 0.1) is 6.10 Å². The van der Waals surface area contributed by atoms with Gasteiger partial charge in [0.25, 0.3) is 0 Å². The maximum absolute atomic E-state index is 12.4. The molecule has 0 aromatic carbocycles. The van der Waals surface area contributed by atoms with Crippen molar-refractivity contribution in [1.82, 2.24) is 0 Å². The third-order valence-corrected chi connectivity index (χ3v) is 10.8. The quantitative estimate of drug-likeness (QED) is 0.600. The Morgan fingerprint density at radius 1 is 1.13 bits per heavy atom. The highest BCUT2D eigenvalue weighted by molar-refractivity contribution is 6.05. The fourth-order valence-electron chi connectivity index (χ4n) is 8.81. The van der Waals surface area contributed by atoms with Crippen molar-refractivity contribution in [2.75, 3.05) is 6.54 Å². The summed E-state index contributed by atoms with van der Waals surface area (Å²) in [4.78, 5) is 17.3. The lowest BCUT2D eigenvalue weighted by Gasteiger charge is -2.58. The molecule has 9 atom stereocenters. The number of hydrogen-bond acceptors (Lipinski definition) is 3. The number of hydrogen-bond donors (Lipinski definition) is 1. The fraction of sp³-hybridized carbons (Fsp3) is 0.852. The Kier molecular flexibility index (Phi) is 5.08. The Bertz CT molecular complexity index is 784. The van der Waals surface area contributed by atoms with Crippen molar-refractivity contribution in [3.8, 4) is 0 Å². The summed E-state index contributed by atoms with van der Waals surface area (Å²) in [5.41, 5.74) is 3.48. The van der Waals surface area contributed by atoms with Gasteiger partial charge >= 0.3 is 0 Å². The lowest BCUT2D eigenvalue weighted by atomic mass is 9.47. The molecule has 5 aliphatic rings. The maximum atomic E-state index is 12.4. The van der Waals surface area contributed by atoms with Crippen LogP contribution in [0.1, 0.15) is 85.5 Å². The van der Waals surface area contributed by atoms with Gasteiger partial charge in [0.1, 0.15) is 5.78 Å². The number of aliphatic imine (C=N–C) groups is 1. The minimum Gasteiger partial charge on any atom is -0.393 e. The highest BCUT2D eigenvalue weighted by atomic mass is 16.3. The first-order chi connectivity index (χ1) is 14.2. The number of Topliss-reactive ketones (excluding diaryl/α,β-unsaturated/α-hetero) is 1. The van der Waals surface area contributed by atoms with Gasteiger partial charge in [-0.15, -0.1) is 0 Å². The van der Waals surface area contributed by atoms with Crippen LogP contribution in [0.3, 0.4) is 0 Å². The van der Waals surface area contributed by atoms with Gasteiger partial charge in [-0.25, -0.2) is 0 Å². The predicted octanol–water partition coefficient (Wildman–Crippen LogP) is 5.61. The zero-order chi connectivity index (χ0) is 21.3. The largest absolute Gasteiger partial charge is 0.393 e. The SMILES string of the molecule is C[C@@H]1CN=C([C@@H](C)[C@H]2CC[C@H]3[C@@H]4CC=C5C[C@@H](O)CC[C@]5(C)[C@H]4CC[C@]23C)CC1=O. The first kappa shape index (κ1) is 20.9. The topological polar surface area (TPSA) is 49.7 Å². The number of carbonyl (C=O) groups excluding carboxylic acids is 1. The Morgan fingerprint density at radius 3 is 2.70 bits per heavy atom. The van der Waals surface area contributed by atoms with Crippen LogP contribution in [-0.4, -0.2) is 29.3 Å². The molecular weight excluding hydrogens is 370 g/mol. The lowest BCUT2D eigenvalue weighted by molar-refractivity contribution is -0.121. The molecule has 0 radical (unpaired) electrons. The summed E-state index contributed by atoms with van der Waals surface area (Å²) in [6.07, 6.45) is 12.6. The van der Waals surface area contributed by atoms with E-state index in [9.17, 15) is 9.90 Å². The number of aliphatic hydroxyl groups excluding tert-OH is 1. The Balaban J connectivity index is 1.39. The van der Waals surface area contributed by atoms with Crippen LogP contribution in [0.4, 0.5) is 0 Å². The predicted molar refractivity (Wildman–Crippen MR) is 121 cm³/mol. The third kappa shape index (κ3) is 3.01. The van der Waals surface area contributed by atoms with Crippen molar-refractivity contribution in [2.45, 2.75) is 91.6 Å². The minimum absolute atomic E-state index is 0.112. The molecule has 30 heavy (non-hydrogen) atoms. The Morgan fingerprint density at radius 2 is 1.93 bits per heavy atom. The first-order valence-corrected chi connectivity index (χ1v) is 12.7. The molecule has 0 bridgehead atoms. The van der Waals surface area contributed by atoms with Crippen LogP contribution in [0, 0.1) is 46.3 Å². The van der Waals surface area contributed by atoms with E-state index in [1.54, 1.807) is 5.57 Å². The second-order valence-corrected chi connectivity index (χ2v) is 12.0. The van der Waals surface area contributed by atoms with E-state index < -0.39 is 0 Å². The number of carbonyl (C=O) groups is 1. The monoisotopic (exact) mass is 411 g/mol. The molecule has 0 spiro atoms. The average Bonchev–Trinajstić information content (AvgIpc) is 3.07. The summed E-state index contributed by atoms with van der Waals surface area (Å²) in [6.45, 7) is 10.2. The second kappa shape index (κ2) is 7.29.